The van der Waals surface area contributed by atoms with E-state index in [9.17, 15) is 18.0 Å². The molecule has 2 unspecified atom stereocenters. The normalized spacial score (nSPS) is 30.2. The summed E-state index contributed by atoms with van der Waals surface area (Å²) < 4.78 is 28.4. The minimum atomic E-state index is -3.27. The van der Waals surface area contributed by atoms with Crippen molar-refractivity contribution in [1.82, 2.24) is 4.90 Å². The van der Waals surface area contributed by atoms with Crippen LogP contribution < -0.4 is 0 Å². The maximum Gasteiger partial charge on any atom is 0.305 e. The minimum absolute atomic E-state index is 0.0545. The van der Waals surface area contributed by atoms with Crippen molar-refractivity contribution in [2.45, 2.75) is 31.4 Å². The summed E-state index contributed by atoms with van der Waals surface area (Å²) in [6, 6.07) is -0.784. The van der Waals surface area contributed by atoms with Crippen molar-refractivity contribution in [3.05, 3.63) is 0 Å². The van der Waals surface area contributed by atoms with Gasteiger partial charge >= 0.3 is 5.97 Å². The van der Waals surface area contributed by atoms with E-state index in [1.165, 1.54) is 4.90 Å². The van der Waals surface area contributed by atoms with Gasteiger partial charge in [0, 0.05) is 13.2 Å². The summed E-state index contributed by atoms with van der Waals surface area (Å²) in [4.78, 5) is 24.4. The van der Waals surface area contributed by atoms with Crippen molar-refractivity contribution in [3.8, 4) is 0 Å². The average Bonchev–Trinajstić information content (AvgIpc) is 2.79. The fourth-order valence-corrected chi connectivity index (χ4v) is 4.03. The number of carboxylic acid groups (broad SMARTS) is 1. The zero-order valence-electron chi connectivity index (χ0n) is 10.4. The van der Waals surface area contributed by atoms with Crippen LogP contribution in [0.5, 0.6) is 0 Å². The molecule has 1 N–H and O–H groups in total. The largest absolute Gasteiger partial charge is 0.481 e. The lowest BCUT2D eigenvalue weighted by Crippen LogP contribution is -2.54. The number of aliphatic carboxylic acids is 1. The third kappa shape index (κ3) is 3.44. The third-order valence-electron chi connectivity index (χ3n) is 3.43. The molecular weight excluding hydrogens is 274 g/mol. The summed E-state index contributed by atoms with van der Waals surface area (Å²) in [6.45, 7) is 0.575. The van der Waals surface area contributed by atoms with Gasteiger partial charge in [-0.25, -0.2) is 8.42 Å². The van der Waals surface area contributed by atoms with E-state index in [2.05, 4.69) is 0 Å². The van der Waals surface area contributed by atoms with Crippen LogP contribution in [0.25, 0.3) is 0 Å². The van der Waals surface area contributed by atoms with Crippen LogP contribution in [0, 0.1) is 0 Å². The average molecular weight is 291 g/mol. The highest BCUT2D eigenvalue weighted by Gasteiger charge is 2.38. The molecule has 2 aliphatic heterocycles. The SMILES string of the molecule is O=C(O)CC1CS(=O)(=O)CCN1C(=O)C1CCCO1. The van der Waals surface area contributed by atoms with Crippen LogP contribution in [0.3, 0.4) is 0 Å². The highest BCUT2D eigenvalue weighted by atomic mass is 32.2. The van der Waals surface area contributed by atoms with E-state index in [0.29, 0.717) is 13.0 Å². The molecule has 2 aliphatic rings. The number of hydrogen-bond donors (Lipinski definition) is 1. The molecule has 1 amide bonds. The Bertz CT molecular complexity index is 468. The number of hydrogen-bond acceptors (Lipinski definition) is 5. The van der Waals surface area contributed by atoms with Crippen LogP contribution in [-0.4, -0.2) is 67.1 Å². The second kappa shape index (κ2) is 5.46. The lowest BCUT2D eigenvalue weighted by atomic mass is 10.1. The van der Waals surface area contributed by atoms with E-state index in [0.717, 1.165) is 6.42 Å². The topological polar surface area (TPSA) is 101 Å². The van der Waals surface area contributed by atoms with Gasteiger partial charge in [0.05, 0.1) is 24.0 Å². The second-order valence-electron chi connectivity index (χ2n) is 4.90. The highest BCUT2D eigenvalue weighted by molar-refractivity contribution is 7.91. The quantitative estimate of drug-likeness (QED) is 0.735. The molecule has 19 heavy (non-hydrogen) atoms. The van der Waals surface area contributed by atoms with Crippen molar-refractivity contribution < 1.29 is 27.9 Å². The summed E-state index contributed by atoms with van der Waals surface area (Å²) in [5.41, 5.74) is 0. The van der Waals surface area contributed by atoms with Gasteiger partial charge in [0.25, 0.3) is 5.91 Å². The second-order valence-corrected chi connectivity index (χ2v) is 7.13. The number of carboxylic acids is 1. The molecule has 0 aromatic rings. The van der Waals surface area contributed by atoms with E-state index in [-0.39, 0.29) is 30.4 Å². The fourth-order valence-electron chi connectivity index (χ4n) is 2.50. The zero-order chi connectivity index (χ0) is 14.0. The van der Waals surface area contributed by atoms with Gasteiger partial charge in [0.2, 0.25) is 0 Å². The molecule has 2 rings (SSSR count). The molecule has 0 aromatic carbocycles. The van der Waals surface area contributed by atoms with E-state index < -0.39 is 28.0 Å². The van der Waals surface area contributed by atoms with Gasteiger partial charge in [-0.15, -0.1) is 0 Å². The molecule has 2 atom stereocenters. The Morgan fingerprint density at radius 2 is 2.11 bits per heavy atom. The van der Waals surface area contributed by atoms with Gasteiger partial charge in [-0.05, 0) is 12.8 Å². The van der Waals surface area contributed by atoms with Crippen LogP contribution >= 0.6 is 0 Å². The Morgan fingerprint density at radius 1 is 1.37 bits per heavy atom. The Morgan fingerprint density at radius 3 is 2.68 bits per heavy atom. The minimum Gasteiger partial charge on any atom is -0.481 e. The number of carbonyl (C=O) groups excluding carboxylic acids is 1. The Kier molecular flexibility index (Phi) is 4.10. The maximum atomic E-state index is 12.2. The van der Waals surface area contributed by atoms with E-state index >= 15 is 0 Å². The standard InChI is InChI=1S/C11H17NO6S/c13-10(14)6-8-7-19(16,17)5-3-12(8)11(15)9-2-1-4-18-9/h8-9H,1-7H2,(H,13,14). The summed E-state index contributed by atoms with van der Waals surface area (Å²) in [6.07, 6.45) is 0.517. The smallest absolute Gasteiger partial charge is 0.305 e. The number of sulfone groups is 1. The number of amides is 1. The van der Waals surface area contributed by atoms with Crippen molar-refractivity contribution in [2.24, 2.45) is 0 Å². The molecule has 2 heterocycles. The van der Waals surface area contributed by atoms with Gasteiger partial charge in [-0.2, -0.15) is 0 Å². The first-order valence-corrected chi connectivity index (χ1v) is 8.05. The van der Waals surface area contributed by atoms with Crippen LogP contribution in [0.15, 0.2) is 0 Å². The van der Waals surface area contributed by atoms with Gasteiger partial charge < -0.3 is 14.7 Å². The first-order chi connectivity index (χ1) is 8.89. The predicted molar refractivity (Wildman–Crippen MR) is 65.4 cm³/mol. The summed E-state index contributed by atoms with van der Waals surface area (Å²) in [5.74, 6) is -1.77. The van der Waals surface area contributed by atoms with E-state index in [4.69, 9.17) is 9.84 Å². The number of rotatable bonds is 3. The van der Waals surface area contributed by atoms with Crippen LogP contribution in [-0.2, 0) is 24.2 Å². The summed E-state index contributed by atoms with van der Waals surface area (Å²) in [7, 11) is -3.27. The highest BCUT2D eigenvalue weighted by Crippen LogP contribution is 2.21. The van der Waals surface area contributed by atoms with Crippen LogP contribution in [0.4, 0.5) is 0 Å². The van der Waals surface area contributed by atoms with Crippen LogP contribution in [0.1, 0.15) is 19.3 Å². The lowest BCUT2D eigenvalue weighted by Gasteiger charge is -2.36. The van der Waals surface area contributed by atoms with Gasteiger partial charge in [-0.1, -0.05) is 0 Å². The molecule has 0 aromatic heterocycles. The molecule has 0 radical (unpaired) electrons. The molecule has 2 fully saturated rings. The van der Waals surface area contributed by atoms with Crippen LogP contribution in [0.2, 0.25) is 0 Å². The Balaban J connectivity index is 2.11. The Hall–Kier alpha value is -1.15. The monoisotopic (exact) mass is 291 g/mol. The maximum absolute atomic E-state index is 12.2. The molecule has 7 nitrogen and oxygen atoms in total. The van der Waals surface area contributed by atoms with Crippen molar-refractivity contribution in [1.29, 1.82) is 0 Å². The molecule has 0 saturated carbocycles. The van der Waals surface area contributed by atoms with Crippen molar-refractivity contribution in [2.75, 3.05) is 24.7 Å². The molecule has 0 aliphatic carbocycles. The number of carbonyl (C=O) groups is 2. The molecule has 8 heteroatoms. The molecule has 0 spiro atoms. The predicted octanol–water partition coefficient (Wildman–Crippen LogP) is -0.734. The lowest BCUT2D eigenvalue weighted by molar-refractivity contribution is -0.145. The van der Waals surface area contributed by atoms with Crippen molar-refractivity contribution in [3.63, 3.8) is 0 Å². The van der Waals surface area contributed by atoms with E-state index in [1.807, 2.05) is 0 Å². The first-order valence-electron chi connectivity index (χ1n) is 6.23. The zero-order valence-corrected chi connectivity index (χ0v) is 11.3. The first kappa shape index (κ1) is 14.3. The number of ether oxygens (including phenoxy) is 1. The molecule has 0 bridgehead atoms. The Labute approximate surface area is 111 Å². The third-order valence-corrected chi connectivity index (χ3v) is 5.13. The summed E-state index contributed by atoms with van der Waals surface area (Å²) >= 11 is 0. The fraction of sp³-hybridized carbons (Fsp3) is 0.818. The van der Waals surface area contributed by atoms with Gasteiger partial charge in [0.1, 0.15) is 6.10 Å². The van der Waals surface area contributed by atoms with Gasteiger partial charge in [-0.3, -0.25) is 9.59 Å². The molecule has 2 saturated heterocycles. The van der Waals surface area contributed by atoms with Crippen molar-refractivity contribution >= 4 is 21.7 Å². The summed E-state index contributed by atoms with van der Waals surface area (Å²) in [5, 5.41) is 8.84. The number of nitrogens with zero attached hydrogens (tertiary/aromatic N) is 1. The van der Waals surface area contributed by atoms with Gasteiger partial charge in [0.15, 0.2) is 9.84 Å². The molecule has 108 valence electrons. The van der Waals surface area contributed by atoms with E-state index in [1.54, 1.807) is 0 Å². The molecular formula is C11H17NO6S.